The molecule has 2 heterocycles. The number of benzene rings is 1. The summed E-state index contributed by atoms with van der Waals surface area (Å²) in [6, 6.07) is 5.10. The first-order valence-electron chi connectivity index (χ1n) is 8.53. The van der Waals surface area contributed by atoms with Crippen LogP contribution in [-0.2, 0) is 29.1 Å². The Bertz CT molecular complexity index is 830. The lowest BCUT2D eigenvalue weighted by Crippen LogP contribution is -2.31. The van der Waals surface area contributed by atoms with E-state index in [1.165, 1.54) is 11.0 Å². The Morgan fingerprint density at radius 2 is 2.08 bits per heavy atom. The Morgan fingerprint density at radius 1 is 1.31 bits per heavy atom. The van der Waals surface area contributed by atoms with Crippen molar-refractivity contribution in [2.24, 2.45) is 0 Å². The van der Waals surface area contributed by atoms with Gasteiger partial charge >= 0.3 is 0 Å². The van der Waals surface area contributed by atoms with E-state index in [4.69, 9.17) is 0 Å². The Balaban J connectivity index is 1.92. The van der Waals surface area contributed by atoms with Crippen molar-refractivity contribution in [2.75, 3.05) is 24.7 Å². The van der Waals surface area contributed by atoms with E-state index in [0.717, 1.165) is 11.1 Å². The average Bonchev–Trinajstić information content (AvgIpc) is 2.64. The first-order valence-corrected chi connectivity index (χ1v) is 9.81. The summed E-state index contributed by atoms with van der Waals surface area (Å²) in [5.41, 5.74) is 3.61. The van der Waals surface area contributed by atoms with Gasteiger partial charge in [0.25, 0.3) is 0 Å². The number of aromatic nitrogens is 1. The molecule has 0 saturated carbocycles. The summed E-state index contributed by atoms with van der Waals surface area (Å²) in [6.45, 7) is 2.34. The van der Waals surface area contributed by atoms with Crippen molar-refractivity contribution in [2.45, 2.75) is 26.3 Å². The highest BCUT2D eigenvalue weighted by atomic mass is 32.2. The lowest BCUT2D eigenvalue weighted by atomic mass is 9.96. The third-order valence-corrected chi connectivity index (χ3v) is 5.94. The highest BCUT2D eigenvalue weighted by molar-refractivity contribution is 7.89. The molecule has 1 aromatic carbocycles. The molecule has 5 nitrogen and oxygen atoms in total. The molecule has 138 valence electrons. The van der Waals surface area contributed by atoms with Crippen LogP contribution in [0.1, 0.15) is 24.5 Å². The molecule has 1 atom stereocenters. The molecule has 0 fully saturated rings. The van der Waals surface area contributed by atoms with Gasteiger partial charge in [-0.2, -0.15) is 0 Å². The van der Waals surface area contributed by atoms with Crippen LogP contribution in [0.4, 0.5) is 10.1 Å². The number of nitrogens with zero attached hydrogens (tertiary/aromatic N) is 3. The second-order valence-electron chi connectivity index (χ2n) is 6.39. The van der Waals surface area contributed by atoms with Crippen LogP contribution in [0.5, 0.6) is 0 Å². The van der Waals surface area contributed by atoms with Crippen LogP contribution in [0.3, 0.4) is 0 Å². The van der Waals surface area contributed by atoms with E-state index in [1.807, 2.05) is 19.1 Å². The molecule has 3 rings (SSSR count). The molecule has 0 N–H and O–H groups in total. The van der Waals surface area contributed by atoms with Crippen LogP contribution in [0.2, 0.25) is 0 Å². The second-order valence-corrected chi connectivity index (χ2v) is 8.24. The molecule has 1 unspecified atom stereocenters. The van der Waals surface area contributed by atoms with Gasteiger partial charge in [0.1, 0.15) is 11.6 Å². The van der Waals surface area contributed by atoms with Gasteiger partial charge in [-0.1, -0.05) is 0 Å². The molecule has 0 aliphatic carbocycles. The molecule has 0 radical (unpaired) electrons. The summed E-state index contributed by atoms with van der Waals surface area (Å²) in [6.07, 6.45) is 4.37. The van der Waals surface area contributed by atoms with Crippen molar-refractivity contribution >= 4 is 23.0 Å². The summed E-state index contributed by atoms with van der Waals surface area (Å²) < 4.78 is 28.3. The van der Waals surface area contributed by atoms with Crippen molar-refractivity contribution in [3.63, 3.8) is 0 Å². The SMILES string of the molecule is CC[S+]([O-])N(C)Cc1cncc(-c2cc3c(cc2F)N(C)C(=O)CC3)c1. The summed E-state index contributed by atoms with van der Waals surface area (Å²) >= 11 is -1.04. The van der Waals surface area contributed by atoms with Gasteiger partial charge in [0, 0.05) is 61.1 Å². The van der Waals surface area contributed by atoms with Gasteiger partial charge in [0.2, 0.25) is 5.91 Å². The lowest BCUT2D eigenvalue weighted by molar-refractivity contribution is -0.118. The number of anilines is 1. The van der Waals surface area contributed by atoms with Gasteiger partial charge < -0.3 is 9.45 Å². The van der Waals surface area contributed by atoms with Gasteiger partial charge in [0.05, 0.1) is 6.54 Å². The highest BCUT2D eigenvalue weighted by Gasteiger charge is 2.23. The average molecular weight is 375 g/mol. The van der Waals surface area contributed by atoms with Crippen LogP contribution in [-0.4, -0.2) is 39.6 Å². The number of rotatable bonds is 5. The van der Waals surface area contributed by atoms with Gasteiger partial charge in [0.15, 0.2) is 0 Å². The van der Waals surface area contributed by atoms with Crippen LogP contribution < -0.4 is 4.90 Å². The Labute approximate surface area is 156 Å². The molecule has 0 spiro atoms. The number of hydrogen-bond acceptors (Lipinski definition) is 4. The van der Waals surface area contributed by atoms with E-state index in [0.29, 0.717) is 42.0 Å². The van der Waals surface area contributed by atoms with E-state index in [9.17, 15) is 13.7 Å². The summed E-state index contributed by atoms with van der Waals surface area (Å²) in [4.78, 5) is 17.5. The zero-order valence-electron chi connectivity index (χ0n) is 15.2. The van der Waals surface area contributed by atoms with Crippen LogP contribution in [0.25, 0.3) is 11.1 Å². The zero-order chi connectivity index (χ0) is 18.8. The van der Waals surface area contributed by atoms with Gasteiger partial charge in [-0.3, -0.25) is 9.78 Å². The van der Waals surface area contributed by atoms with Crippen LogP contribution in [0, 0.1) is 5.82 Å². The van der Waals surface area contributed by atoms with Crippen molar-refractivity contribution < 1.29 is 13.7 Å². The van der Waals surface area contributed by atoms with E-state index in [2.05, 4.69) is 4.98 Å². The Kier molecular flexibility index (Phi) is 5.60. The summed E-state index contributed by atoms with van der Waals surface area (Å²) in [5, 5.41) is 0. The number of carbonyl (C=O) groups excluding carboxylic acids is 1. The highest BCUT2D eigenvalue weighted by Crippen LogP contribution is 2.33. The first kappa shape index (κ1) is 18.8. The van der Waals surface area contributed by atoms with Crippen molar-refractivity contribution in [1.29, 1.82) is 0 Å². The lowest BCUT2D eigenvalue weighted by Gasteiger charge is -2.26. The number of fused-ring (bicyclic) bond motifs is 1. The van der Waals surface area contributed by atoms with E-state index >= 15 is 0 Å². The Hall–Kier alpha value is -1.96. The molecule has 1 amide bonds. The fourth-order valence-electron chi connectivity index (χ4n) is 3.16. The first-order chi connectivity index (χ1) is 12.4. The molecule has 0 bridgehead atoms. The molecule has 0 saturated heterocycles. The maximum atomic E-state index is 14.7. The molecule has 7 heteroatoms. The second kappa shape index (κ2) is 7.73. The smallest absolute Gasteiger partial charge is 0.227 e. The van der Waals surface area contributed by atoms with E-state index < -0.39 is 11.4 Å². The fourth-order valence-corrected chi connectivity index (χ4v) is 3.89. The topological polar surface area (TPSA) is 59.5 Å². The maximum absolute atomic E-state index is 14.7. The van der Waals surface area contributed by atoms with Gasteiger partial charge in [-0.25, -0.2) is 4.39 Å². The largest absolute Gasteiger partial charge is 0.598 e. The molecule has 1 aliphatic heterocycles. The zero-order valence-corrected chi connectivity index (χ0v) is 16.0. The summed E-state index contributed by atoms with van der Waals surface area (Å²) in [5.74, 6) is 0.171. The minimum absolute atomic E-state index is 0.000255. The number of halogens is 1. The fraction of sp³-hybridized carbons (Fsp3) is 0.368. The number of pyridine rings is 1. The number of hydrogen-bond donors (Lipinski definition) is 0. The third kappa shape index (κ3) is 3.75. The van der Waals surface area contributed by atoms with Crippen LogP contribution >= 0.6 is 0 Å². The molecule has 26 heavy (non-hydrogen) atoms. The quantitative estimate of drug-likeness (QED) is 0.754. The molecule has 1 aliphatic rings. The van der Waals surface area contributed by atoms with Gasteiger partial charge in [-0.05, 0) is 42.7 Å². The van der Waals surface area contributed by atoms with Crippen molar-refractivity contribution in [1.82, 2.24) is 9.29 Å². The summed E-state index contributed by atoms with van der Waals surface area (Å²) in [7, 11) is 3.46. The van der Waals surface area contributed by atoms with Gasteiger partial charge in [-0.15, -0.1) is 4.31 Å². The third-order valence-electron chi connectivity index (χ3n) is 4.62. The maximum Gasteiger partial charge on any atom is 0.227 e. The number of aryl methyl sites for hydroxylation is 1. The number of amides is 1. The molecule has 1 aromatic heterocycles. The predicted octanol–water partition coefficient (Wildman–Crippen LogP) is 2.91. The monoisotopic (exact) mass is 375 g/mol. The van der Waals surface area contributed by atoms with E-state index in [1.54, 1.807) is 30.8 Å². The molecular weight excluding hydrogens is 353 g/mol. The predicted molar refractivity (Wildman–Crippen MR) is 102 cm³/mol. The Morgan fingerprint density at radius 3 is 2.81 bits per heavy atom. The minimum atomic E-state index is -1.04. The number of carbonyl (C=O) groups is 1. The van der Waals surface area contributed by atoms with E-state index in [-0.39, 0.29) is 11.7 Å². The van der Waals surface area contributed by atoms with Crippen LogP contribution in [0.15, 0.2) is 30.6 Å². The van der Waals surface area contributed by atoms with Crippen molar-refractivity contribution in [3.8, 4) is 11.1 Å². The standard InChI is InChI=1S/C19H22FN3O2S/c1-4-26(25)22(2)12-13-7-15(11-21-10-13)16-8-14-5-6-19(24)23(3)18(14)9-17(16)20/h7-11H,4-6,12H2,1-3H3. The van der Waals surface area contributed by atoms with Crippen molar-refractivity contribution in [3.05, 3.63) is 47.5 Å². The minimum Gasteiger partial charge on any atom is -0.598 e. The molecule has 2 aromatic rings. The molecular formula is C19H22FN3O2S. The normalized spacial score (nSPS) is 15.3.